The Kier molecular flexibility index (Phi) is 4.42. The average Bonchev–Trinajstić information content (AvgIpc) is 2.89. The van der Waals surface area contributed by atoms with Crippen molar-refractivity contribution in [2.45, 2.75) is 38.7 Å². The fourth-order valence-electron chi connectivity index (χ4n) is 2.45. The number of amides is 1. The molecule has 5 nitrogen and oxygen atoms in total. The van der Waals surface area contributed by atoms with Gasteiger partial charge in [0.1, 0.15) is 4.88 Å². The lowest BCUT2D eigenvalue weighted by Crippen LogP contribution is -2.45. The Hall–Kier alpha value is -1.14. The van der Waals surface area contributed by atoms with Crippen LogP contribution in [0.4, 0.5) is 5.13 Å². The van der Waals surface area contributed by atoms with E-state index in [1.807, 2.05) is 6.92 Å². The van der Waals surface area contributed by atoms with E-state index in [2.05, 4.69) is 15.6 Å². The Balaban J connectivity index is 1.92. The molecule has 0 radical (unpaired) electrons. The van der Waals surface area contributed by atoms with Crippen molar-refractivity contribution in [3.05, 3.63) is 11.1 Å². The van der Waals surface area contributed by atoms with E-state index in [-0.39, 0.29) is 17.4 Å². The van der Waals surface area contributed by atoms with Gasteiger partial charge in [-0.15, -0.1) is 0 Å². The zero-order valence-corrected chi connectivity index (χ0v) is 12.2. The zero-order chi connectivity index (χ0) is 13.9. The van der Waals surface area contributed by atoms with Crippen molar-refractivity contribution in [3.63, 3.8) is 0 Å². The van der Waals surface area contributed by atoms with E-state index < -0.39 is 0 Å². The van der Waals surface area contributed by atoms with E-state index in [1.165, 1.54) is 11.3 Å². The van der Waals surface area contributed by atoms with Crippen LogP contribution in [0.15, 0.2) is 6.20 Å². The third-order valence-electron chi connectivity index (χ3n) is 3.88. The molecule has 0 bridgehead atoms. The van der Waals surface area contributed by atoms with E-state index in [0.717, 1.165) is 30.8 Å². The number of aliphatic hydroxyl groups is 1. The first kappa shape index (κ1) is 14.3. The minimum absolute atomic E-state index is 0.113. The van der Waals surface area contributed by atoms with Gasteiger partial charge in [0.15, 0.2) is 5.13 Å². The molecule has 6 heteroatoms. The molecule has 1 aromatic heterocycles. The number of aliphatic hydroxyl groups excluding tert-OH is 1. The van der Waals surface area contributed by atoms with Crippen LogP contribution in [-0.2, 0) is 0 Å². The number of hydrogen-bond donors (Lipinski definition) is 3. The van der Waals surface area contributed by atoms with Crippen molar-refractivity contribution in [2.24, 2.45) is 5.41 Å². The number of carbonyl (C=O) groups is 1. The van der Waals surface area contributed by atoms with Crippen LogP contribution in [0.1, 0.15) is 42.3 Å². The van der Waals surface area contributed by atoms with Gasteiger partial charge < -0.3 is 15.7 Å². The normalized spacial score (nSPS) is 27.0. The van der Waals surface area contributed by atoms with Crippen LogP contribution in [0.3, 0.4) is 0 Å². The number of aromatic nitrogens is 1. The highest BCUT2D eigenvalue weighted by Crippen LogP contribution is 2.35. The second-order valence-electron chi connectivity index (χ2n) is 5.38. The third kappa shape index (κ3) is 3.25. The molecule has 1 amide bonds. The van der Waals surface area contributed by atoms with Crippen LogP contribution in [-0.4, -0.2) is 35.7 Å². The molecule has 1 aliphatic carbocycles. The fraction of sp³-hybridized carbons (Fsp3) is 0.692. The smallest absolute Gasteiger partial charge is 0.263 e. The lowest BCUT2D eigenvalue weighted by atomic mass is 9.73. The molecule has 1 aromatic rings. The molecule has 0 aromatic carbocycles. The van der Waals surface area contributed by atoms with Gasteiger partial charge in [-0.2, -0.15) is 0 Å². The maximum atomic E-state index is 12.0. The van der Waals surface area contributed by atoms with E-state index in [1.54, 1.807) is 13.2 Å². The first-order chi connectivity index (χ1) is 9.05. The molecule has 106 valence electrons. The number of rotatable bonds is 4. The van der Waals surface area contributed by atoms with Gasteiger partial charge >= 0.3 is 0 Å². The number of anilines is 1. The van der Waals surface area contributed by atoms with Gasteiger partial charge in [0.05, 0.1) is 12.3 Å². The molecular formula is C13H21N3O2S. The lowest BCUT2D eigenvalue weighted by molar-refractivity contribution is 0.00193. The number of hydrogen-bond acceptors (Lipinski definition) is 5. The van der Waals surface area contributed by atoms with Crippen LogP contribution in [0.2, 0.25) is 0 Å². The monoisotopic (exact) mass is 283 g/mol. The summed E-state index contributed by atoms with van der Waals surface area (Å²) in [6.45, 7) is 2.56. The summed E-state index contributed by atoms with van der Waals surface area (Å²) in [7, 11) is 1.78. The Morgan fingerprint density at radius 3 is 3.05 bits per heavy atom. The van der Waals surface area contributed by atoms with Crippen LogP contribution in [0.25, 0.3) is 0 Å². The van der Waals surface area contributed by atoms with Crippen molar-refractivity contribution in [2.75, 3.05) is 18.9 Å². The van der Waals surface area contributed by atoms with Crippen LogP contribution in [0, 0.1) is 5.41 Å². The maximum absolute atomic E-state index is 12.0. The van der Waals surface area contributed by atoms with E-state index in [4.69, 9.17) is 0 Å². The Morgan fingerprint density at radius 1 is 1.63 bits per heavy atom. The van der Waals surface area contributed by atoms with Crippen LogP contribution >= 0.6 is 11.3 Å². The largest absolute Gasteiger partial charge is 0.392 e. The molecule has 0 aliphatic heterocycles. The number of nitrogens with zero attached hydrogens (tertiary/aromatic N) is 1. The zero-order valence-electron chi connectivity index (χ0n) is 11.4. The van der Waals surface area contributed by atoms with Crippen molar-refractivity contribution in [1.82, 2.24) is 10.3 Å². The Morgan fingerprint density at radius 2 is 2.42 bits per heavy atom. The molecule has 1 saturated carbocycles. The van der Waals surface area contributed by atoms with Gasteiger partial charge in [0.2, 0.25) is 0 Å². The summed E-state index contributed by atoms with van der Waals surface area (Å²) in [5.74, 6) is -0.113. The molecule has 19 heavy (non-hydrogen) atoms. The minimum atomic E-state index is -0.323. The summed E-state index contributed by atoms with van der Waals surface area (Å²) < 4.78 is 0. The molecule has 1 heterocycles. The average molecular weight is 283 g/mol. The number of nitrogens with one attached hydrogen (secondary N) is 2. The standard InChI is InChI=1S/C13H21N3O2S/c1-13(6-4-3-5-10(13)17)8-16-11(18)9-7-15-12(14-2)19-9/h7,10,17H,3-6,8H2,1-2H3,(H,14,15)(H,16,18). The number of carbonyl (C=O) groups excluding carboxylic acids is 1. The third-order valence-corrected chi connectivity index (χ3v) is 4.89. The SMILES string of the molecule is CNc1ncc(C(=O)NCC2(C)CCCCC2O)s1. The topological polar surface area (TPSA) is 74.2 Å². The van der Waals surface area contributed by atoms with Crippen LogP contribution in [0.5, 0.6) is 0 Å². The van der Waals surface area contributed by atoms with Gasteiger partial charge in [0.25, 0.3) is 5.91 Å². The van der Waals surface area contributed by atoms with E-state index in [9.17, 15) is 9.90 Å². The molecule has 0 saturated heterocycles. The summed E-state index contributed by atoms with van der Waals surface area (Å²) in [6, 6.07) is 0. The van der Waals surface area contributed by atoms with Gasteiger partial charge in [-0.3, -0.25) is 4.79 Å². The van der Waals surface area contributed by atoms with Gasteiger partial charge in [-0.25, -0.2) is 4.98 Å². The van der Waals surface area contributed by atoms with Gasteiger partial charge in [-0.1, -0.05) is 31.1 Å². The highest BCUT2D eigenvalue weighted by molar-refractivity contribution is 7.17. The minimum Gasteiger partial charge on any atom is -0.392 e. The predicted molar refractivity (Wildman–Crippen MR) is 76.6 cm³/mol. The molecule has 2 rings (SSSR count). The molecule has 3 N–H and O–H groups in total. The highest BCUT2D eigenvalue weighted by atomic mass is 32.1. The van der Waals surface area contributed by atoms with Crippen molar-refractivity contribution in [1.29, 1.82) is 0 Å². The summed E-state index contributed by atoms with van der Waals surface area (Å²) in [5.41, 5.74) is -0.204. The second-order valence-corrected chi connectivity index (χ2v) is 6.41. The molecule has 0 spiro atoms. The first-order valence-corrected chi connectivity index (χ1v) is 7.47. The van der Waals surface area contributed by atoms with Crippen LogP contribution < -0.4 is 10.6 Å². The molecule has 2 atom stereocenters. The maximum Gasteiger partial charge on any atom is 0.263 e. The quantitative estimate of drug-likeness (QED) is 0.788. The van der Waals surface area contributed by atoms with Crippen molar-refractivity contribution < 1.29 is 9.90 Å². The summed E-state index contributed by atoms with van der Waals surface area (Å²) in [6.07, 6.45) is 5.23. The molecular weight excluding hydrogens is 262 g/mol. The van der Waals surface area contributed by atoms with E-state index in [0.29, 0.717) is 11.4 Å². The summed E-state index contributed by atoms with van der Waals surface area (Å²) in [4.78, 5) is 16.7. The van der Waals surface area contributed by atoms with Crippen molar-refractivity contribution >= 4 is 22.4 Å². The molecule has 1 fully saturated rings. The highest BCUT2D eigenvalue weighted by Gasteiger charge is 2.35. The summed E-state index contributed by atoms with van der Waals surface area (Å²) in [5, 5.41) is 16.6. The summed E-state index contributed by atoms with van der Waals surface area (Å²) >= 11 is 1.33. The lowest BCUT2D eigenvalue weighted by Gasteiger charge is -2.38. The fourth-order valence-corrected chi connectivity index (χ4v) is 3.14. The van der Waals surface area contributed by atoms with Crippen molar-refractivity contribution in [3.8, 4) is 0 Å². The van der Waals surface area contributed by atoms with Gasteiger partial charge in [0, 0.05) is 19.0 Å². The second kappa shape index (κ2) is 5.88. The number of thiazole rings is 1. The predicted octanol–water partition coefficient (Wildman–Crippen LogP) is 1.86. The molecule has 2 unspecified atom stereocenters. The Labute approximate surface area is 117 Å². The molecule has 1 aliphatic rings. The van der Waals surface area contributed by atoms with Gasteiger partial charge in [-0.05, 0) is 12.8 Å². The Bertz CT molecular complexity index is 449. The van der Waals surface area contributed by atoms with E-state index >= 15 is 0 Å². The first-order valence-electron chi connectivity index (χ1n) is 6.65.